The number of carbonyl (C=O) groups is 2. The van der Waals surface area contributed by atoms with Crippen LogP contribution >= 0.6 is 0 Å². The van der Waals surface area contributed by atoms with Gasteiger partial charge in [0.2, 0.25) is 0 Å². The SMILES string of the molecule is CC[NH+]1CC[NH+](CC(=O)Nc2c(C(=O)OC)[nH]c3cccc(C)c23)CC1. The number of methoxy groups -OCH3 is 1. The Morgan fingerprint density at radius 2 is 1.88 bits per heavy atom. The lowest BCUT2D eigenvalue weighted by Crippen LogP contribution is -3.28. The first-order valence-corrected chi connectivity index (χ1v) is 9.20. The van der Waals surface area contributed by atoms with Crippen molar-refractivity contribution < 1.29 is 24.1 Å². The van der Waals surface area contributed by atoms with Crippen molar-refractivity contribution in [2.24, 2.45) is 0 Å². The number of rotatable bonds is 5. The van der Waals surface area contributed by atoms with E-state index in [4.69, 9.17) is 4.74 Å². The molecule has 0 unspecified atom stereocenters. The number of aromatic nitrogens is 1. The molecular weight excluding hydrogens is 332 g/mol. The molecule has 1 aromatic heterocycles. The minimum Gasteiger partial charge on any atom is -0.464 e. The van der Waals surface area contributed by atoms with Crippen molar-refractivity contribution in [1.82, 2.24) is 4.98 Å². The number of benzene rings is 1. The molecule has 1 aliphatic rings. The monoisotopic (exact) mass is 360 g/mol. The Balaban J connectivity index is 1.79. The lowest BCUT2D eigenvalue weighted by molar-refractivity contribution is -1.01. The van der Waals surface area contributed by atoms with Crippen LogP contribution in [0.1, 0.15) is 23.0 Å². The van der Waals surface area contributed by atoms with Crippen LogP contribution < -0.4 is 15.1 Å². The molecule has 0 aliphatic carbocycles. The zero-order chi connectivity index (χ0) is 18.7. The molecular formula is C19H28N4O3+2. The van der Waals surface area contributed by atoms with Gasteiger partial charge in [-0.3, -0.25) is 4.79 Å². The molecule has 7 heteroatoms. The molecule has 1 aromatic carbocycles. The maximum absolute atomic E-state index is 12.6. The smallest absolute Gasteiger partial charge is 0.356 e. The van der Waals surface area contributed by atoms with Gasteiger partial charge in [0.25, 0.3) is 5.91 Å². The second kappa shape index (κ2) is 7.88. The first kappa shape index (κ1) is 18.4. The molecule has 140 valence electrons. The van der Waals surface area contributed by atoms with Gasteiger partial charge in [-0.1, -0.05) is 12.1 Å². The normalized spacial score (nSPS) is 20.1. The Hall–Kier alpha value is -2.38. The number of hydrogen-bond donors (Lipinski definition) is 4. The summed E-state index contributed by atoms with van der Waals surface area (Å²) in [6.07, 6.45) is 0. The van der Waals surface area contributed by atoms with Crippen LogP contribution in [-0.2, 0) is 9.53 Å². The summed E-state index contributed by atoms with van der Waals surface area (Å²) in [6, 6.07) is 5.77. The molecule has 7 nitrogen and oxygen atoms in total. The molecule has 0 saturated carbocycles. The molecule has 1 amide bonds. The molecule has 1 aliphatic heterocycles. The summed E-state index contributed by atoms with van der Waals surface area (Å²) in [5, 5.41) is 3.82. The molecule has 0 bridgehead atoms. The number of quaternary nitrogens is 2. The van der Waals surface area contributed by atoms with Gasteiger partial charge >= 0.3 is 5.97 Å². The van der Waals surface area contributed by atoms with E-state index in [1.807, 2.05) is 25.1 Å². The number of H-pyrrole nitrogens is 1. The van der Waals surface area contributed by atoms with Crippen LogP contribution in [0.5, 0.6) is 0 Å². The van der Waals surface area contributed by atoms with Crippen LogP contribution in [-0.4, -0.2) is 63.2 Å². The van der Waals surface area contributed by atoms with Gasteiger partial charge in [0.05, 0.1) is 19.3 Å². The van der Waals surface area contributed by atoms with Crippen LogP contribution in [0.25, 0.3) is 10.9 Å². The molecule has 1 saturated heterocycles. The molecule has 0 radical (unpaired) electrons. The molecule has 4 N–H and O–H groups in total. The molecule has 1 fully saturated rings. The van der Waals surface area contributed by atoms with Crippen LogP contribution in [0.2, 0.25) is 0 Å². The molecule has 3 rings (SSSR count). The summed E-state index contributed by atoms with van der Waals surface area (Å²) in [6.45, 7) is 9.89. The number of nitrogens with one attached hydrogen (secondary N) is 4. The number of anilines is 1. The van der Waals surface area contributed by atoms with E-state index in [0.29, 0.717) is 17.9 Å². The second-order valence-corrected chi connectivity index (χ2v) is 6.94. The predicted molar refractivity (Wildman–Crippen MR) is 99.8 cm³/mol. The fourth-order valence-electron chi connectivity index (χ4n) is 3.70. The van der Waals surface area contributed by atoms with Crippen molar-refractivity contribution in [2.75, 3.05) is 51.7 Å². The van der Waals surface area contributed by atoms with Crippen molar-refractivity contribution in [3.05, 3.63) is 29.5 Å². The molecule has 2 heterocycles. The fourth-order valence-corrected chi connectivity index (χ4v) is 3.70. The highest BCUT2D eigenvalue weighted by Gasteiger charge is 2.26. The van der Waals surface area contributed by atoms with E-state index in [2.05, 4.69) is 17.2 Å². The van der Waals surface area contributed by atoms with E-state index in [1.54, 1.807) is 4.90 Å². The quantitative estimate of drug-likeness (QED) is 0.517. The number of aryl methyl sites for hydroxylation is 1. The van der Waals surface area contributed by atoms with Crippen molar-refractivity contribution in [3.8, 4) is 0 Å². The maximum atomic E-state index is 12.6. The van der Waals surface area contributed by atoms with Gasteiger partial charge in [-0.25, -0.2) is 4.79 Å². The average molecular weight is 360 g/mol. The average Bonchev–Trinajstić information content (AvgIpc) is 3.01. The number of aromatic amines is 1. The topological polar surface area (TPSA) is 80.1 Å². The van der Waals surface area contributed by atoms with Gasteiger partial charge in [0.15, 0.2) is 6.54 Å². The minimum atomic E-state index is -0.483. The standard InChI is InChI=1S/C19H26N4O3/c1-4-22-8-10-23(11-9-22)12-15(24)21-17-16-13(2)6-5-7-14(16)20-18(17)19(25)26-3/h5-7,20H,4,8-12H2,1-3H3,(H,21,24)/p+2. The van der Waals surface area contributed by atoms with E-state index in [0.717, 1.165) is 49.2 Å². The Morgan fingerprint density at radius 1 is 1.19 bits per heavy atom. The highest BCUT2D eigenvalue weighted by molar-refractivity contribution is 6.12. The largest absolute Gasteiger partial charge is 0.464 e. The van der Waals surface area contributed by atoms with E-state index in [-0.39, 0.29) is 5.91 Å². The second-order valence-electron chi connectivity index (χ2n) is 6.94. The zero-order valence-corrected chi connectivity index (χ0v) is 15.7. The fraction of sp³-hybridized carbons (Fsp3) is 0.474. The van der Waals surface area contributed by atoms with Gasteiger partial charge in [0, 0.05) is 10.9 Å². The number of esters is 1. The number of hydrogen-bond acceptors (Lipinski definition) is 3. The first-order chi connectivity index (χ1) is 12.5. The van der Waals surface area contributed by atoms with Crippen molar-refractivity contribution in [3.63, 3.8) is 0 Å². The summed E-state index contributed by atoms with van der Waals surface area (Å²) < 4.78 is 4.87. The van der Waals surface area contributed by atoms with E-state index in [1.165, 1.54) is 12.0 Å². The summed E-state index contributed by atoms with van der Waals surface area (Å²) in [5.41, 5.74) is 2.62. The third kappa shape index (κ3) is 3.73. The minimum absolute atomic E-state index is 0.0748. The predicted octanol–water partition coefficient (Wildman–Crippen LogP) is -0.995. The summed E-state index contributed by atoms with van der Waals surface area (Å²) in [4.78, 5) is 30.7. The van der Waals surface area contributed by atoms with Crippen molar-refractivity contribution in [2.45, 2.75) is 13.8 Å². The summed E-state index contributed by atoms with van der Waals surface area (Å²) >= 11 is 0. The van der Waals surface area contributed by atoms with Gasteiger partial charge in [-0.05, 0) is 25.5 Å². The van der Waals surface area contributed by atoms with Crippen molar-refractivity contribution in [1.29, 1.82) is 0 Å². The molecule has 0 atom stereocenters. The summed E-state index contributed by atoms with van der Waals surface area (Å²) in [7, 11) is 1.34. The number of ether oxygens (including phenoxy) is 1. The van der Waals surface area contributed by atoms with E-state index >= 15 is 0 Å². The third-order valence-corrected chi connectivity index (χ3v) is 5.26. The number of amides is 1. The highest BCUT2D eigenvalue weighted by atomic mass is 16.5. The van der Waals surface area contributed by atoms with Gasteiger partial charge in [-0.2, -0.15) is 0 Å². The Bertz CT molecular complexity index is 806. The van der Waals surface area contributed by atoms with E-state index < -0.39 is 5.97 Å². The highest BCUT2D eigenvalue weighted by Crippen LogP contribution is 2.30. The van der Waals surface area contributed by atoms with Gasteiger partial charge in [0.1, 0.15) is 31.9 Å². The molecule has 0 spiro atoms. The number of piperazine rings is 1. The first-order valence-electron chi connectivity index (χ1n) is 9.20. The van der Waals surface area contributed by atoms with Crippen LogP contribution in [0, 0.1) is 6.92 Å². The molecule has 26 heavy (non-hydrogen) atoms. The Labute approximate surface area is 153 Å². The molecule has 2 aromatic rings. The zero-order valence-electron chi connectivity index (χ0n) is 15.7. The van der Waals surface area contributed by atoms with Gasteiger partial charge in [-0.15, -0.1) is 0 Å². The Morgan fingerprint density at radius 3 is 2.54 bits per heavy atom. The number of fused-ring (bicyclic) bond motifs is 1. The third-order valence-electron chi connectivity index (χ3n) is 5.26. The van der Waals surface area contributed by atoms with Crippen molar-refractivity contribution >= 4 is 28.5 Å². The Kier molecular flexibility index (Phi) is 5.58. The lowest BCUT2D eigenvalue weighted by atomic mass is 10.1. The number of likely N-dealkylation sites (N-methyl/N-ethyl adjacent to an activating group) is 1. The van der Waals surface area contributed by atoms with Gasteiger partial charge < -0.3 is 24.8 Å². The maximum Gasteiger partial charge on any atom is 0.356 e. The summed E-state index contributed by atoms with van der Waals surface area (Å²) in [5.74, 6) is -0.558. The van der Waals surface area contributed by atoms with Crippen LogP contribution in [0.4, 0.5) is 5.69 Å². The van der Waals surface area contributed by atoms with Crippen LogP contribution in [0.3, 0.4) is 0 Å². The number of carbonyl (C=O) groups excluding carboxylic acids is 2. The van der Waals surface area contributed by atoms with Crippen LogP contribution in [0.15, 0.2) is 18.2 Å². The van der Waals surface area contributed by atoms with E-state index in [9.17, 15) is 9.59 Å². The lowest BCUT2D eigenvalue weighted by Gasteiger charge is -2.28.